The number of piperazine rings is 1. The summed E-state index contributed by atoms with van der Waals surface area (Å²) in [6, 6.07) is 11.3. The first-order valence-electron chi connectivity index (χ1n) is 9.96. The van der Waals surface area contributed by atoms with Gasteiger partial charge in [-0.2, -0.15) is 13.2 Å². The molecule has 0 spiro atoms. The Balaban J connectivity index is 1.68. The van der Waals surface area contributed by atoms with Crippen LogP contribution in [0.15, 0.2) is 42.5 Å². The molecule has 1 saturated heterocycles. The van der Waals surface area contributed by atoms with Gasteiger partial charge < -0.3 is 0 Å². The van der Waals surface area contributed by atoms with Crippen molar-refractivity contribution in [1.29, 1.82) is 0 Å². The van der Waals surface area contributed by atoms with Crippen LogP contribution < -0.4 is 5.48 Å². The van der Waals surface area contributed by atoms with Crippen LogP contribution in [0.2, 0.25) is 5.02 Å². The number of carbonyl (C=O) groups excluding carboxylic acids is 1. The highest BCUT2D eigenvalue weighted by atomic mass is 35.5. The van der Waals surface area contributed by atoms with E-state index < -0.39 is 17.6 Å². The topological polar surface area (TPSA) is 55.8 Å². The van der Waals surface area contributed by atoms with Crippen molar-refractivity contribution in [3.8, 4) is 0 Å². The molecule has 0 radical (unpaired) electrons. The average Bonchev–Trinajstić information content (AvgIpc) is 2.70. The van der Waals surface area contributed by atoms with Crippen LogP contribution in [0.4, 0.5) is 13.2 Å². The number of benzene rings is 2. The standard InChI is InChI=1S/C22H25ClF3N3O2/c1-14-10-28(12-16-6-8-17(9-7-16)21(30)27-31)11-15(2)29(14)13-18-4-3-5-19(23)20(18)22(24,25)26/h3-9,14-15,31H,10-13H2,1-2H3,(H,27,30)/t14-,15+. The van der Waals surface area contributed by atoms with Crippen molar-refractivity contribution in [3.63, 3.8) is 0 Å². The summed E-state index contributed by atoms with van der Waals surface area (Å²) < 4.78 is 40.5. The predicted octanol–water partition coefficient (Wildman–Crippen LogP) is 4.57. The van der Waals surface area contributed by atoms with Gasteiger partial charge in [-0.1, -0.05) is 35.9 Å². The van der Waals surface area contributed by atoms with E-state index >= 15 is 0 Å². The van der Waals surface area contributed by atoms with Gasteiger partial charge >= 0.3 is 6.18 Å². The van der Waals surface area contributed by atoms with Gasteiger partial charge in [0.25, 0.3) is 5.91 Å². The fourth-order valence-corrected chi connectivity index (χ4v) is 4.51. The normalized spacial score (nSPS) is 20.6. The minimum atomic E-state index is -4.50. The number of halogens is 4. The highest BCUT2D eigenvalue weighted by Gasteiger charge is 2.37. The number of hydrogen-bond donors (Lipinski definition) is 2. The SMILES string of the molecule is C[C@@H]1CN(Cc2ccc(C(=O)NO)cc2)C[C@H](C)N1Cc1cccc(Cl)c1C(F)(F)F. The van der Waals surface area contributed by atoms with Crippen LogP contribution >= 0.6 is 11.6 Å². The van der Waals surface area contributed by atoms with Crippen LogP contribution in [0.3, 0.4) is 0 Å². The molecule has 0 saturated carbocycles. The smallest absolute Gasteiger partial charge is 0.296 e. The maximum absolute atomic E-state index is 13.5. The molecular weight excluding hydrogens is 431 g/mol. The molecule has 2 atom stereocenters. The van der Waals surface area contributed by atoms with E-state index in [-0.39, 0.29) is 29.2 Å². The Morgan fingerprint density at radius 2 is 1.71 bits per heavy atom. The summed E-state index contributed by atoms with van der Waals surface area (Å²) in [5.41, 5.74) is 2.40. The molecular formula is C22H25ClF3N3O2. The summed E-state index contributed by atoms with van der Waals surface area (Å²) in [6.07, 6.45) is -4.50. The quantitative estimate of drug-likeness (QED) is 0.512. The number of hydroxylamine groups is 1. The fraction of sp³-hybridized carbons (Fsp3) is 0.409. The van der Waals surface area contributed by atoms with E-state index in [0.717, 1.165) is 5.56 Å². The number of carbonyl (C=O) groups is 1. The van der Waals surface area contributed by atoms with E-state index in [1.165, 1.54) is 12.1 Å². The number of nitrogens with one attached hydrogen (secondary N) is 1. The summed E-state index contributed by atoms with van der Waals surface area (Å²) in [5.74, 6) is -0.568. The molecule has 2 N–H and O–H groups in total. The van der Waals surface area contributed by atoms with Crippen molar-refractivity contribution in [2.24, 2.45) is 0 Å². The van der Waals surface area contributed by atoms with Crippen molar-refractivity contribution in [2.45, 2.75) is 45.2 Å². The van der Waals surface area contributed by atoms with Crippen molar-refractivity contribution in [2.75, 3.05) is 13.1 Å². The minimum Gasteiger partial charge on any atom is -0.296 e. The molecule has 0 aromatic heterocycles. The maximum Gasteiger partial charge on any atom is 0.418 e. The Kier molecular flexibility index (Phi) is 7.26. The summed E-state index contributed by atoms with van der Waals surface area (Å²) in [7, 11) is 0. The molecule has 5 nitrogen and oxygen atoms in total. The number of hydrogen-bond acceptors (Lipinski definition) is 4. The summed E-state index contributed by atoms with van der Waals surface area (Å²) in [5, 5.41) is 8.43. The number of nitrogens with zero attached hydrogens (tertiary/aromatic N) is 2. The zero-order valence-corrected chi connectivity index (χ0v) is 18.0. The molecule has 0 unspecified atom stereocenters. The van der Waals surface area contributed by atoms with E-state index in [0.29, 0.717) is 25.2 Å². The van der Waals surface area contributed by atoms with E-state index in [1.54, 1.807) is 23.7 Å². The van der Waals surface area contributed by atoms with Crippen LogP contribution in [-0.4, -0.2) is 46.1 Å². The van der Waals surface area contributed by atoms with Gasteiger partial charge in [-0.15, -0.1) is 0 Å². The molecule has 168 valence electrons. The number of alkyl halides is 3. The van der Waals surface area contributed by atoms with Crippen molar-refractivity contribution >= 4 is 17.5 Å². The van der Waals surface area contributed by atoms with Crippen molar-refractivity contribution in [3.05, 3.63) is 69.7 Å². The molecule has 1 heterocycles. The van der Waals surface area contributed by atoms with Gasteiger partial charge in [0.2, 0.25) is 0 Å². The first-order valence-corrected chi connectivity index (χ1v) is 10.3. The Morgan fingerprint density at radius 1 is 1.10 bits per heavy atom. The second-order valence-electron chi connectivity index (χ2n) is 7.97. The van der Waals surface area contributed by atoms with Gasteiger partial charge in [0, 0.05) is 43.8 Å². The van der Waals surface area contributed by atoms with E-state index in [1.807, 2.05) is 26.0 Å². The Bertz CT molecular complexity index is 909. The first kappa shape index (κ1) is 23.5. The monoisotopic (exact) mass is 455 g/mol. The van der Waals surface area contributed by atoms with Gasteiger partial charge in [-0.25, -0.2) is 5.48 Å². The minimum absolute atomic E-state index is 0.0447. The molecule has 2 aromatic carbocycles. The fourth-order valence-electron chi connectivity index (χ4n) is 4.21. The van der Waals surface area contributed by atoms with Crippen LogP contribution in [0, 0.1) is 0 Å². The molecule has 3 rings (SSSR count). The van der Waals surface area contributed by atoms with Crippen LogP contribution in [0.5, 0.6) is 0 Å². The largest absolute Gasteiger partial charge is 0.418 e. The molecule has 9 heteroatoms. The lowest BCUT2D eigenvalue weighted by Crippen LogP contribution is -2.55. The van der Waals surface area contributed by atoms with Gasteiger partial charge in [0.1, 0.15) is 0 Å². The molecule has 31 heavy (non-hydrogen) atoms. The molecule has 0 bridgehead atoms. The van der Waals surface area contributed by atoms with Gasteiger partial charge in [-0.05, 0) is 43.2 Å². The maximum atomic E-state index is 13.5. The van der Waals surface area contributed by atoms with E-state index in [2.05, 4.69) is 9.80 Å². The Labute approximate surface area is 184 Å². The lowest BCUT2D eigenvalue weighted by Gasteiger charge is -2.45. The first-order chi connectivity index (χ1) is 14.6. The highest BCUT2D eigenvalue weighted by molar-refractivity contribution is 6.31. The highest BCUT2D eigenvalue weighted by Crippen LogP contribution is 2.38. The third-order valence-electron chi connectivity index (χ3n) is 5.64. The molecule has 1 aliphatic rings. The van der Waals surface area contributed by atoms with Crippen LogP contribution in [-0.2, 0) is 19.3 Å². The van der Waals surface area contributed by atoms with Gasteiger partial charge in [-0.3, -0.25) is 19.8 Å². The molecule has 1 amide bonds. The van der Waals surface area contributed by atoms with Gasteiger partial charge in [0.15, 0.2) is 0 Å². The summed E-state index contributed by atoms with van der Waals surface area (Å²) >= 11 is 5.87. The van der Waals surface area contributed by atoms with Crippen molar-refractivity contribution < 1.29 is 23.2 Å². The molecule has 0 aliphatic carbocycles. The average molecular weight is 456 g/mol. The summed E-state index contributed by atoms with van der Waals surface area (Å²) in [4.78, 5) is 15.8. The zero-order valence-electron chi connectivity index (χ0n) is 17.3. The second-order valence-corrected chi connectivity index (χ2v) is 8.38. The number of amides is 1. The molecule has 1 fully saturated rings. The summed E-state index contributed by atoms with van der Waals surface area (Å²) in [6.45, 7) is 6.26. The second kappa shape index (κ2) is 9.56. The van der Waals surface area contributed by atoms with Crippen LogP contribution in [0.25, 0.3) is 0 Å². The Hall–Kier alpha value is -2.13. The Morgan fingerprint density at radius 3 is 2.26 bits per heavy atom. The third-order valence-corrected chi connectivity index (χ3v) is 5.95. The lowest BCUT2D eigenvalue weighted by atomic mass is 10.0. The van der Waals surface area contributed by atoms with Crippen LogP contribution in [0.1, 0.15) is 40.9 Å². The van der Waals surface area contributed by atoms with E-state index in [9.17, 15) is 18.0 Å². The third kappa shape index (κ3) is 5.57. The predicted molar refractivity (Wildman–Crippen MR) is 112 cm³/mol. The van der Waals surface area contributed by atoms with E-state index in [4.69, 9.17) is 16.8 Å². The zero-order chi connectivity index (χ0) is 22.8. The van der Waals surface area contributed by atoms with Crippen molar-refractivity contribution in [1.82, 2.24) is 15.3 Å². The van der Waals surface area contributed by atoms with Gasteiger partial charge in [0.05, 0.1) is 10.6 Å². The molecule has 2 aromatic rings. The number of rotatable bonds is 5. The lowest BCUT2D eigenvalue weighted by molar-refractivity contribution is -0.138. The molecule has 1 aliphatic heterocycles.